The summed E-state index contributed by atoms with van der Waals surface area (Å²) < 4.78 is 5.22. The Bertz CT molecular complexity index is 1230. The van der Waals surface area contributed by atoms with Gasteiger partial charge >= 0.3 is 5.97 Å². The molecule has 0 aromatic carbocycles. The van der Waals surface area contributed by atoms with Crippen molar-refractivity contribution in [1.82, 2.24) is 0 Å². The van der Waals surface area contributed by atoms with Crippen molar-refractivity contribution in [2.75, 3.05) is 6.61 Å². The van der Waals surface area contributed by atoms with Crippen LogP contribution in [-0.4, -0.2) is 73.8 Å². The fourth-order valence-corrected chi connectivity index (χ4v) is 9.47. The van der Waals surface area contributed by atoms with Crippen LogP contribution < -0.4 is 0 Å². The van der Waals surface area contributed by atoms with Crippen LogP contribution in [0.3, 0.4) is 0 Å². The van der Waals surface area contributed by atoms with Gasteiger partial charge in [0.15, 0.2) is 11.6 Å². The number of carbonyl (C=O) groups excluding carboxylic acids is 4. The first kappa shape index (κ1) is 31.7. The van der Waals surface area contributed by atoms with E-state index in [4.69, 9.17) is 4.74 Å². The van der Waals surface area contributed by atoms with Crippen LogP contribution >= 0.6 is 0 Å². The zero-order valence-corrected chi connectivity index (χ0v) is 25.5. The summed E-state index contributed by atoms with van der Waals surface area (Å²) in [6.07, 6.45) is 2.66. The molecule has 228 valence electrons. The van der Waals surface area contributed by atoms with Crippen LogP contribution in [-0.2, 0) is 23.9 Å². The van der Waals surface area contributed by atoms with Gasteiger partial charge in [0, 0.05) is 24.7 Å². The number of allylic oxidation sites excluding steroid dienone is 2. The van der Waals surface area contributed by atoms with Crippen LogP contribution in [0.2, 0.25) is 0 Å². The van der Waals surface area contributed by atoms with E-state index in [0.29, 0.717) is 6.42 Å². The lowest BCUT2D eigenvalue weighted by Gasteiger charge is -2.64. The van der Waals surface area contributed by atoms with Crippen molar-refractivity contribution < 1.29 is 44.3 Å². The van der Waals surface area contributed by atoms with Crippen LogP contribution in [0.25, 0.3) is 0 Å². The summed E-state index contributed by atoms with van der Waals surface area (Å²) in [7, 11) is 0. The van der Waals surface area contributed by atoms with Gasteiger partial charge in [-0.2, -0.15) is 0 Å². The van der Waals surface area contributed by atoms with Gasteiger partial charge in [-0.1, -0.05) is 25.5 Å². The molecule has 9 nitrogen and oxygen atoms in total. The van der Waals surface area contributed by atoms with E-state index in [1.54, 1.807) is 27.7 Å². The van der Waals surface area contributed by atoms with Gasteiger partial charge in [0.2, 0.25) is 0 Å². The van der Waals surface area contributed by atoms with Crippen molar-refractivity contribution in [2.24, 2.45) is 39.4 Å². The number of Topliss-reactive ketones (excluding diaryl/α,β-unsaturated/α-hetero) is 2. The second kappa shape index (κ2) is 9.66. The molecule has 0 unspecified atom stereocenters. The average Bonchev–Trinajstić information content (AvgIpc) is 3.05. The molecule has 9 heteroatoms. The maximum Gasteiger partial charge on any atom is 0.303 e. The highest BCUT2D eigenvalue weighted by molar-refractivity contribution is 5.98. The molecule has 0 saturated heterocycles. The highest BCUT2D eigenvalue weighted by Gasteiger charge is 2.75. The number of aliphatic hydroxyl groups excluding tert-OH is 3. The number of ether oxygens (including phenoxy) is 1. The van der Waals surface area contributed by atoms with Gasteiger partial charge in [-0.3, -0.25) is 19.2 Å². The van der Waals surface area contributed by atoms with Gasteiger partial charge in [-0.25, -0.2) is 0 Å². The summed E-state index contributed by atoms with van der Waals surface area (Å²) in [4.78, 5) is 52.2. The fraction of sp³-hybridized carbons (Fsp3) is 0.750. The second-order valence-electron chi connectivity index (χ2n) is 14.7. The smallest absolute Gasteiger partial charge is 0.303 e. The third-order valence-electron chi connectivity index (χ3n) is 11.5. The molecule has 0 spiro atoms. The van der Waals surface area contributed by atoms with Crippen LogP contribution in [0.5, 0.6) is 0 Å². The Morgan fingerprint density at radius 3 is 2.27 bits per heavy atom. The predicted molar refractivity (Wildman–Crippen MR) is 149 cm³/mol. The van der Waals surface area contributed by atoms with Crippen molar-refractivity contribution in [2.45, 2.75) is 104 Å². The monoisotopic (exact) mass is 574 g/mol. The van der Waals surface area contributed by atoms with Crippen LogP contribution in [0, 0.1) is 39.4 Å². The molecule has 0 heterocycles. The minimum Gasteiger partial charge on any atom is -0.456 e. The van der Waals surface area contributed by atoms with E-state index in [-0.39, 0.29) is 30.8 Å². The van der Waals surface area contributed by atoms with Gasteiger partial charge in [0.05, 0.1) is 18.1 Å². The largest absolute Gasteiger partial charge is 0.456 e. The Morgan fingerprint density at radius 1 is 1.10 bits per heavy atom. The van der Waals surface area contributed by atoms with Crippen LogP contribution in [0.15, 0.2) is 23.8 Å². The lowest BCUT2D eigenvalue weighted by atomic mass is 9.38. The van der Waals surface area contributed by atoms with Gasteiger partial charge in [-0.15, -0.1) is 0 Å². The summed E-state index contributed by atoms with van der Waals surface area (Å²) in [6.45, 7) is 12.6. The highest BCUT2D eigenvalue weighted by Crippen LogP contribution is 2.74. The van der Waals surface area contributed by atoms with Crippen molar-refractivity contribution in [3.05, 3.63) is 23.8 Å². The number of hydrogen-bond donors (Lipinski definition) is 4. The van der Waals surface area contributed by atoms with E-state index in [1.165, 1.54) is 19.9 Å². The highest BCUT2D eigenvalue weighted by atomic mass is 16.6. The Balaban J connectivity index is 1.78. The minimum absolute atomic E-state index is 0.0365. The topological polar surface area (TPSA) is 158 Å². The van der Waals surface area contributed by atoms with Gasteiger partial charge in [0.1, 0.15) is 23.1 Å². The molecule has 0 aromatic rings. The zero-order chi connectivity index (χ0) is 31.1. The third kappa shape index (κ3) is 4.33. The van der Waals surface area contributed by atoms with Crippen molar-refractivity contribution in [3.8, 4) is 0 Å². The fourth-order valence-electron chi connectivity index (χ4n) is 9.47. The quantitative estimate of drug-likeness (QED) is 0.212. The van der Waals surface area contributed by atoms with Gasteiger partial charge in [-0.05, 0) is 88.7 Å². The van der Waals surface area contributed by atoms with E-state index in [9.17, 15) is 39.6 Å². The molecule has 4 aliphatic carbocycles. The lowest BCUT2D eigenvalue weighted by Crippen LogP contribution is -2.67. The number of aliphatic hydroxyl groups is 4. The molecular formula is C32H46O9. The molecule has 41 heavy (non-hydrogen) atoms. The standard InChI is InChI=1S/C32H46O9/c1-17(34)41-27(2,3)12-11-23(37)31(8,40)25-21(36)14-29(6)22-10-9-18-19(13-20(35)26(39)28(18,4)5)32(22,16-33)24(38)15-30(25,29)7/h9,11-12,19-22,25,33,35-36,40H,10,13-16H2,1-8H3/b12-11+/t19-,20-,21-,22-,25-,29-,30+,31+,32-/m0/s1. The van der Waals surface area contributed by atoms with Crippen molar-refractivity contribution >= 4 is 23.3 Å². The maximum atomic E-state index is 14.4. The first-order chi connectivity index (χ1) is 18.6. The molecule has 0 aromatic heterocycles. The van der Waals surface area contributed by atoms with Crippen molar-refractivity contribution in [3.63, 3.8) is 0 Å². The number of fused-ring (bicyclic) bond motifs is 5. The molecule has 4 aliphatic rings. The van der Waals surface area contributed by atoms with E-state index < -0.39 is 81.2 Å². The first-order valence-corrected chi connectivity index (χ1v) is 14.5. The Hall–Kier alpha value is -2.20. The summed E-state index contributed by atoms with van der Waals surface area (Å²) >= 11 is 0. The van der Waals surface area contributed by atoms with Crippen LogP contribution in [0.4, 0.5) is 0 Å². The summed E-state index contributed by atoms with van der Waals surface area (Å²) in [5, 5.41) is 45.0. The zero-order valence-electron chi connectivity index (χ0n) is 25.5. The molecule has 0 radical (unpaired) electrons. The molecule has 3 saturated carbocycles. The lowest BCUT2D eigenvalue weighted by molar-refractivity contribution is -0.192. The summed E-state index contributed by atoms with van der Waals surface area (Å²) in [5.74, 6) is -3.76. The number of esters is 1. The number of carbonyl (C=O) groups is 4. The summed E-state index contributed by atoms with van der Waals surface area (Å²) in [6, 6.07) is 0. The van der Waals surface area contributed by atoms with Crippen LogP contribution in [0.1, 0.15) is 81.1 Å². The molecule has 3 fully saturated rings. The molecule has 4 N–H and O–H groups in total. The van der Waals surface area contributed by atoms with E-state index in [2.05, 4.69) is 0 Å². The van der Waals surface area contributed by atoms with Crippen molar-refractivity contribution in [1.29, 1.82) is 0 Å². The number of ketones is 3. The molecular weight excluding hydrogens is 528 g/mol. The molecule has 0 amide bonds. The predicted octanol–water partition coefficient (Wildman–Crippen LogP) is 2.47. The molecule has 0 bridgehead atoms. The third-order valence-corrected chi connectivity index (χ3v) is 11.5. The van der Waals surface area contributed by atoms with Gasteiger partial charge < -0.3 is 25.2 Å². The minimum atomic E-state index is -2.06. The number of rotatable bonds is 6. The SMILES string of the molecule is CC(=O)OC(C)(C)/C=C/C(=O)[C@@](C)(O)[C@H]1[C@@H](O)C[C@@]2(C)[C@@H]3CC=C4[C@H](C[C@H](O)C(=O)C4(C)C)[C@]3(CO)C(=O)C[C@]12C. The Morgan fingerprint density at radius 2 is 1.71 bits per heavy atom. The summed E-state index contributed by atoms with van der Waals surface area (Å²) in [5.41, 5.74) is -6.45. The Labute approximate surface area is 242 Å². The second-order valence-corrected chi connectivity index (χ2v) is 14.7. The molecule has 4 rings (SSSR count). The number of hydrogen-bond acceptors (Lipinski definition) is 9. The van der Waals surface area contributed by atoms with Gasteiger partial charge in [0.25, 0.3) is 0 Å². The Kier molecular flexibility index (Phi) is 7.47. The molecule has 0 aliphatic heterocycles. The van der Waals surface area contributed by atoms with E-state index in [1.807, 2.05) is 19.9 Å². The van der Waals surface area contributed by atoms with E-state index >= 15 is 0 Å². The normalized spacial score (nSPS) is 41.7. The average molecular weight is 575 g/mol. The maximum absolute atomic E-state index is 14.4. The van der Waals surface area contributed by atoms with E-state index in [0.717, 1.165) is 11.6 Å². The molecule has 9 atom stereocenters. The first-order valence-electron chi connectivity index (χ1n) is 14.5.